The average Bonchev–Trinajstić information content (AvgIpc) is 2.82. The predicted octanol–water partition coefficient (Wildman–Crippen LogP) is 2.77. The Morgan fingerprint density at radius 3 is 2.83 bits per heavy atom. The standard InChI is InChI=1S/C11H14BrF3N2O/c12-10-2-1-9(18-10)5-16-8-3-4-17(6-8)7-11(13,14)15/h1-2,8,16H,3-7H2/t8-/m1/s1. The smallest absolute Gasteiger partial charge is 0.401 e. The van der Waals surface area contributed by atoms with Crippen molar-refractivity contribution in [2.45, 2.75) is 25.2 Å². The molecule has 18 heavy (non-hydrogen) atoms. The lowest BCUT2D eigenvalue weighted by molar-refractivity contribution is -0.143. The molecule has 1 aliphatic heterocycles. The third kappa shape index (κ3) is 4.29. The lowest BCUT2D eigenvalue weighted by atomic mass is 10.2. The van der Waals surface area contributed by atoms with E-state index in [1.165, 1.54) is 4.90 Å². The maximum absolute atomic E-state index is 12.2. The van der Waals surface area contributed by atoms with Gasteiger partial charge in [-0.25, -0.2) is 0 Å². The highest BCUT2D eigenvalue weighted by atomic mass is 79.9. The Morgan fingerprint density at radius 1 is 1.44 bits per heavy atom. The molecule has 1 fully saturated rings. The first kappa shape index (κ1) is 13.9. The summed E-state index contributed by atoms with van der Waals surface area (Å²) in [6, 6.07) is 3.72. The number of halogens is 4. The van der Waals surface area contributed by atoms with Crippen molar-refractivity contribution in [3.05, 3.63) is 22.6 Å². The van der Waals surface area contributed by atoms with Gasteiger partial charge in [0, 0.05) is 19.1 Å². The summed E-state index contributed by atoms with van der Waals surface area (Å²) >= 11 is 3.20. The van der Waals surface area contributed by atoms with E-state index in [-0.39, 0.29) is 6.04 Å². The van der Waals surface area contributed by atoms with E-state index >= 15 is 0 Å². The van der Waals surface area contributed by atoms with Crippen molar-refractivity contribution in [1.29, 1.82) is 0 Å². The molecule has 1 saturated heterocycles. The molecule has 1 N–H and O–H groups in total. The van der Waals surface area contributed by atoms with E-state index in [1.807, 2.05) is 6.07 Å². The van der Waals surface area contributed by atoms with Crippen molar-refractivity contribution in [3.63, 3.8) is 0 Å². The van der Waals surface area contributed by atoms with Crippen LogP contribution in [-0.2, 0) is 6.54 Å². The van der Waals surface area contributed by atoms with Gasteiger partial charge in [0.25, 0.3) is 0 Å². The van der Waals surface area contributed by atoms with Gasteiger partial charge in [-0.3, -0.25) is 4.90 Å². The summed E-state index contributed by atoms with van der Waals surface area (Å²) in [5, 5.41) is 3.20. The molecular weight excluding hydrogens is 313 g/mol. The second-order valence-corrected chi connectivity index (χ2v) is 5.20. The first-order valence-corrected chi connectivity index (χ1v) is 6.48. The average molecular weight is 327 g/mol. The number of likely N-dealkylation sites (tertiary alicyclic amines) is 1. The van der Waals surface area contributed by atoms with Gasteiger partial charge in [-0.05, 0) is 34.5 Å². The maximum Gasteiger partial charge on any atom is 0.401 e. The Hall–Kier alpha value is -0.530. The van der Waals surface area contributed by atoms with Gasteiger partial charge in [0.05, 0.1) is 13.1 Å². The predicted molar refractivity (Wildman–Crippen MR) is 64.1 cm³/mol. The van der Waals surface area contributed by atoms with Crippen LogP contribution in [-0.4, -0.2) is 36.8 Å². The van der Waals surface area contributed by atoms with Crippen LogP contribution in [0.25, 0.3) is 0 Å². The number of nitrogens with zero attached hydrogens (tertiary/aromatic N) is 1. The number of rotatable bonds is 4. The zero-order chi connectivity index (χ0) is 13.2. The molecule has 0 bridgehead atoms. The summed E-state index contributed by atoms with van der Waals surface area (Å²) in [6.07, 6.45) is -3.38. The lowest BCUT2D eigenvalue weighted by Crippen LogP contribution is -2.36. The lowest BCUT2D eigenvalue weighted by Gasteiger charge is -2.18. The summed E-state index contributed by atoms with van der Waals surface area (Å²) < 4.78 is 42.6. The topological polar surface area (TPSA) is 28.4 Å². The van der Waals surface area contributed by atoms with Crippen LogP contribution in [0.4, 0.5) is 13.2 Å². The Morgan fingerprint density at radius 2 is 2.22 bits per heavy atom. The monoisotopic (exact) mass is 326 g/mol. The second kappa shape index (κ2) is 5.63. The molecule has 102 valence electrons. The van der Waals surface area contributed by atoms with Crippen LogP contribution in [0.2, 0.25) is 0 Å². The molecule has 2 heterocycles. The van der Waals surface area contributed by atoms with E-state index in [9.17, 15) is 13.2 Å². The van der Waals surface area contributed by atoms with Crippen molar-refractivity contribution in [2.75, 3.05) is 19.6 Å². The quantitative estimate of drug-likeness (QED) is 0.922. The third-order valence-corrected chi connectivity index (χ3v) is 3.30. The number of alkyl halides is 3. The minimum atomic E-state index is -4.11. The SMILES string of the molecule is FC(F)(F)CN1CC[C@@H](NCc2ccc(Br)o2)C1. The largest absolute Gasteiger partial charge is 0.453 e. The Bertz CT molecular complexity index is 394. The van der Waals surface area contributed by atoms with Crippen LogP contribution in [0.15, 0.2) is 21.2 Å². The molecule has 7 heteroatoms. The van der Waals surface area contributed by atoms with Gasteiger partial charge >= 0.3 is 6.18 Å². The molecule has 0 radical (unpaired) electrons. The van der Waals surface area contributed by atoms with Crippen molar-refractivity contribution < 1.29 is 17.6 Å². The molecule has 0 saturated carbocycles. The molecule has 0 unspecified atom stereocenters. The van der Waals surface area contributed by atoms with Gasteiger partial charge in [-0.2, -0.15) is 13.2 Å². The van der Waals surface area contributed by atoms with Gasteiger partial charge in [-0.15, -0.1) is 0 Å². The first-order valence-electron chi connectivity index (χ1n) is 5.69. The molecule has 0 spiro atoms. The van der Waals surface area contributed by atoms with E-state index in [2.05, 4.69) is 21.2 Å². The summed E-state index contributed by atoms with van der Waals surface area (Å²) in [6.45, 7) is 0.633. The molecule has 0 aromatic carbocycles. The van der Waals surface area contributed by atoms with Crippen LogP contribution in [0.3, 0.4) is 0 Å². The van der Waals surface area contributed by atoms with E-state index in [0.717, 1.165) is 12.2 Å². The Labute approximate surface area is 111 Å². The van der Waals surface area contributed by atoms with Crippen molar-refractivity contribution in [3.8, 4) is 0 Å². The number of furan rings is 1. The Balaban J connectivity index is 1.73. The molecule has 2 rings (SSSR count). The molecule has 1 aliphatic rings. The van der Waals surface area contributed by atoms with Crippen molar-refractivity contribution in [1.82, 2.24) is 10.2 Å². The number of hydrogen-bond donors (Lipinski definition) is 1. The number of nitrogens with one attached hydrogen (secondary N) is 1. The van der Waals surface area contributed by atoms with Crippen LogP contribution in [0.1, 0.15) is 12.2 Å². The minimum absolute atomic E-state index is 0.0937. The summed E-state index contributed by atoms with van der Waals surface area (Å²) in [4.78, 5) is 1.43. The van der Waals surface area contributed by atoms with Gasteiger partial charge in [0.15, 0.2) is 4.67 Å². The molecule has 1 aromatic rings. The zero-order valence-corrected chi connectivity index (χ0v) is 11.2. The second-order valence-electron chi connectivity index (χ2n) is 4.42. The zero-order valence-electron chi connectivity index (χ0n) is 9.63. The van der Waals surface area contributed by atoms with E-state index in [0.29, 0.717) is 24.3 Å². The van der Waals surface area contributed by atoms with Crippen LogP contribution in [0, 0.1) is 0 Å². The third-order valence-electron chi connectivity index (χ3n) is 2.87. The normalized spacial score (nSPS) is 21.7. The van der Waals surface area contributed by atoms with E-state index in [4.69, 9.17) is 4.42 Å². The summed E-state index contributed by atoms with van der Waals surface area (Å²) in [7, 11) is 0. The summed E-state index contributed by atoms with van der Waals surface area (Å²) in [5.74, 6) is 0.774. The fraction of sp³-hybridized carbons (Fsp3) is 0.636. The van der Waals surface area contributed by atoms with E-state index < -0.39 is 12.7 Å². The van der Waals surface area contributed by atoms with Gasteiger partial charge in [-0.1, -0.05) is 0 Å². The minimum Gasteiger partial charge on any atom is -0.453 e. The molecule has 1 atom stereocenters. The first-order chi connectivity index (χ1) is 8.42. The van der Waals surface area contributed by atoms with Gasteiger partial charge in [0.2, 0.25) is 0 Å². The fourth-order valence-corrected chi connectivity index (χ4v) is 2.43. The molecule has 0 amide bonds. The van der Waals surface area contributed by atoms with Crippen LogP contribution in [0.5, 0.6) is 0 Å². The maximum atomic E-state index is 12.2. The molecular formula is C11H14BrF3N2O. The Kier molecular flexibility index (Phi) is 4.34. The molecule has 1 aromatic heterocycles. The highest BCUT2D eigenvalue weighted by Crippen LogP contribution is 2.20. The van der Waals surface area contributed by atoms with E-state index in [1.54, 1.807) is 6.07 Å². The van der Waals surface area contributed by atoms with Crippen molar-refractivity contribution >= 4 is 15.9 Å². The fourth-order valence-electron chi connectivity index (χ4n) is 2.09. The summed E-state index contributed by atoms with van der Waals surface area (Å²) in [5.41, 5.74) is 0. The van der Waals surface area contributed by atoms with Gasteiger partial charge < -0.3 is 9.73 Å². The molecule has 0 aliphatic carbocycles. The van der Waals surface area contributed by atoms with Crippen LogP contribution >= 0.6 is 15.9 Å². The molecule has 3 nitrogen and oxygen atoms in total. The highest BCUT2D eigenvalue weighted by Gasteiger charge is 2.34. The van der Waals surface area contributed by atoms with Crippen LogP contribution < -0.4 is 5.32 Å². The number of hydrogen-bond acceptors (Lipinski definition) is 3. The van der Waals surface area contributed by atoms with Crippen molar-refractivity contribution in [2.24, 2.45) is 0 Å². The highest BCUT2D eigenvalue weighted by molar-refractivity contribution is 9.10. The van der Waals surface area contributed by atoms with Gasteiger partial charge in [0.1, 0.15) is 5.76 Å².